The normalized spacial score (nSPS) is 14.9. The number of fused-ring (bicyclic) bond motifs is 2. The summed E-state index contributed by atoms with van der Waals surface area (Å²) >= 11 is 4.86. The summed E-state index contributed by atoms with van der Waals surface area (Å²) in [7, 11) is 1.58. The Hall–Kier alpha value is -4.28. The second-order valence-electron chi connectivity index (χ2n) is 10.6. The van der Waals surface area contributed by atoms with Crippen molar-refractivity contribution in [1.29, 1.82) is 0 Å². The number of halogens is 2. The number of aromatic nitrogens is 2. The molecule has 1 aliphatic heterocycles. The number of thiazole rings is 1. The highest BCUT2D eigenvalue weighted by atomic mass is 79.9. The van der Waals surface area contributed by atoms with Crippen molar-refractivity contribution in [2.24, 2.45) is 4.99 Å². The Labute approximate surface area is 271 Å². The van der Waals surface area contributed by atoms with Crippen LogP contribution in [-0.4, -0.2) is 28.8 Å². The topological polar surface area (TPSA) is 74.8 Å². The van der Waals surface area contributed by atoms with Gasteiger partial charge in [-0.3, -0.25) is 9.36 Å². The fourth-order valence-corrected chi connectivity index (χ4v) is 7.33. The quantitative estimate of drug-likeness (QED) is 0.166. The van der Waals surface area contributed by atoms with Crippen molar-refractivity contribution in [3.05, 3.63) is 131 Å². The maximum absolute atomic E-state index is 14.6. The van der Waals surface area contributed by atoms with E-state index in [1.165, 1.54) is 17.4 Å². The third-order valence-electron chi connectivity index (χ3n) is 7.79. The SMILES string of the molecule is CCCC1=C(C(=O)OCC)[C@H](c2ccc(OC)c(Br)c2)n2c(s/c(=C\c3cn(Cc4ccccc4F)c4ccccc34)c2=O)=N1. The minimum Gasteiger partial charge on any atom is -0.496 e. The van der Waals surface area contributed by atoms with Gasteiger partial charge in [0.25, 0.3) is 5.56 Å². The first-order valence-electron chi connectivity index (χ1n) is 14.7. The van der Waals surface area contributed by atoms with Crippen LogP contribution in [0.1, 0.15) is 49.4 Å². The molecule has 0 bridgehead atoms. The molecule has 6 rings (SSSR count). The van der Waals surface area contributed by atoms with E-state index in [1.807, 2.05) is 72.3 Å². The molecule has 5 aromatic rings. The second-order valence-corrected chi connectivity index (χ2v) is 12.5. The van der Waals surface area contributed by atoms with Crippen LogP contribution >= 0.6 is 27.3 Å². The zero-order valence-corrected chi connectivity index (χ0v) is 27.5. The van der Waals surface area contributed by atoms with Crippen LogP contribution < -0.4 is 19.6 Å². The molecule has 0 spiro atoms. The van der Waals surface area contributed by atoms with E-state index in [2.05, 4.69) is 15.9 Å². The van der Waals surface area contributed by atoms with Crippen LogP contribution in [-0.2, 0) is 16.1 Å². The zero-order chi connectivity index (χ0) is 31.7. The number of allylic oxidation sites excluding steroid dienone is 1. The lowest BCUT2D eigenvalue weighted by atomic mass is 9.94. The Morgan fingerprint density at radius 3 is 2.62 bits per heavy atom. The zero-order valence-electron chi connectivity index (χ0n) is 25.1. The van der Waals surface area contributed by atoms with Crippen LogP contribution in [0.4, 0.5) is 4.39 Å². The lowest BCUT2D eigenvalue weighted by molar-refractivity contribution is -0.139. The maximum Gasteiger partial charge on any atom is 0.338 e. The molecule has 230 valence electrons. The van der Waals surface area contributed by atoms with Gasteiger partial charge in [0, 0.05) is 28.2 Å². The average molecular weight is 689 g/mol. The average Bonchev–Trinajstić information content (AvgIpc) is 3.54. The fraction of sp³-hybridized carbons (Fsp3) is 0.229. The summed E-state index contributed by atoms with van der Waals surface area (Å²) in [5, 5.41) is 0.939. The lowest BCUT2D eigenvalue weighted by Gasteiger charge is -2.26. The van der Waals surface area contributed by atoms with Gasteiger partial charge >= 0.3 is 5.97 Å². The van der Waals surface area contributed by atoms with E-state index in [1.54, 1.807) is 30.7 Å². The number of methoxy groups -OCH3 is 1. The van der Waals surface area contributed by atoms with Crippen molar-refractivity contribution in [3.8, 4) is 5.75 Å². The first-order valence-corrected chi connectivity index (χ1v) is 16.3. The molecule has 0 N–H and O–H groups in total. The lowest BCUT2D eigenvalue weighted by Crippen LogP contribution is -2.40. The van der Waals surface area contributed by atoms with Crippen molar-refractivity contribution in [3.63, 3.8) is 0 Å². The van der Waals surface area contributed by atoms with E-state index >= 15 is 0 Å². The number of hydrogen-bond donors (Lipinski definition) is 0. The van der Waals surface area contributed by atoms with E-state index < -0.39 is 12.0 Å². The van der Waals surface area contributed by atoms with E-state index in [-0.39, 0.29) is 18.0 Å². The summed E-state index contributed by atoms with van der Waals surface area (Å²) < 4.78 is 30.3. The second kappa shape index (κ2) is 13.0. The van der Waals surface area contributed by atoms with E-state index in [9.17, 15) is 14.0 Å². The van der Waals surface area contributed by atoms with Crippen LogP contribution in [0.5, 0.6) is 5.75 Å². The van der Waals surface area contributed by atoms with Crippen molar-refractivity contribution in [2.75, 3.05) is 13.7 Å². The molecular weight excluding hydrogens is 657 g/mol. The molecule has 0 amide bonds. The molecule has 2 aromatic heterocycles. The smallest absolute Gasteiger partial charge is 0.338 e. The molecule has 10 heteroatoms. The van der Waals surface area contributed by atoms with E-state index in [0.717, 1.165) is 28.5 Å². The third-order valence-corrected chi connectivity index (χ3v) is 9.39. The van der Waals surface area contributed by atoms with Gasteiger partial charge < -0.3 is 14.0 Å². The monoisotopic (exact) mass is 687 g/mol. The first-order chi connectivity index (χ1) is 21.8. The van der Waals surface area contributed by atoms with E-state index in [0.29, 0.717) is 49.4 Å². The summed E-state index contributed by atoms with van der Waals surface area (Å²) in [5.41, 5.74) is 3.76. The van der Waals surface area contributed by atoms with E-state index in [4.69, 9.17) is 14.5 Å². The highest BCUT2D eigenvalue weighted by molar-refractivity contribution is 9.10. The standard InChI is InChI=1S/C35H31BrFN3O4S/c1-4-10-27-31(34(42)44-5-2)32(21-15-16-29(43-3)25(36)17-21)40-33(41)30(45-35(40)38-27)18-23-20-39(28-14-9-7-12-24(23)28)19-22-11-6-8-13-26(22)37/h6-9,11-18,20,32H,4-5,10,19H2,1-3H3/b30-18-/t32-/m0/s1. The number of nitrogens with zero attached hydrogens (tertiary/aromatic N) is 3. The van der Waals surface area contributed by atoms with Gasteiger partial charge in [-0.05, 0) is 65.2 Å². The summed E-state index contributed by atoms with van der Waals surface area (Å²) in [6.07, 6.45) is 5.12. The number of ether oxygens (including phenoxy) is 2. The van der Waals surface area contributed by atoms with Gasteiger partial charge in [-0.25, -0.2) is 14.2 Å². The van der Waals surface area contributed by atoms with Gasteiger partial charge in [-0.15, -0.1) is 0 Å². The number of carbonyl (C=O) groups is 1. The minimum atomic E-state index is -0.742. The Morgan fingerprint density at radius 1 is 1.11 bits per heavy atom. The first kappa shape index (κ1) is 30.7. The minimum absolute atomic E-state index is 0.197. The van der Waals surface area contributed by atoms with Gasteiger partial charge in [-0.2, -0.15) is 0 Å². The van der Waals surface area contributed by atoms with Gasteiger partial charge in [0.2, 0.25) is 0 Å². The summed E-state index contributed by atoms with van der Waals surface area (Å²) in [5.74, 6) is -0.129. The van der Waals surface area contributed by atoms with Gasteiger partial charge in [-0.1, -0.05) is 67.1 Å². The van der Waals surface area contributed by atoms with Gasteiger partial charge in [0.05, 0.1) is 46.6 Å². The Balaban J connectivity index is 1.55. The van der Waals surface area contributed by atoms with Crippen LogP contribution in [0.25, 0.3) is 17.0 Å². The van der Waals surface area contributed by atoms with Crippen molar-refractivity contribution in [2.45, 2.75) is 39.3 Å². The molecule has 0 radical (unpaired) electrons. The molecular formula is C35H31BrFN3O4S. The third kappa shape index (κ3) is 5.80. The maximum atomic E-state index is 14.6. The number of benzene rings is 3. The number of esters is 1. The van der Waals surface area contributed by atoms with Crippen LogP contribution in [0, 0.1) is 5.82 Å². The van der Waals surface area contributed by atoms with Crippen LogP contribution in [0.15, 0.2) is 98.5 Å². The molecule has 7 nitrogen and oxygen atoms in total. The highest BCUT2D eigenvalue weighted by Crippen LogP contribution is 2.36. The Morgan fingerprint density at radius 2 is 1.89 bits per heavy atom. The highest BCUT2D eigenvalue weighted by Gasteiger charge is 2.34. The molecule has 0 saturated heterocycles. The molecule has 3 aromatic carbocycles. The summed E-state index contributed by atoms with van der Waals surface area (Å²) in [6.45, 7) is 4.32. The molecule has 0 aliphatic carbocycles. The summed E-state index contributed by atoms with van der Waals surface area (Å²) in [4.78, 5) is 33.2. The predicted octanol–water partition coefficient (Wildman–Crippen LogP) is 6.49. The van der Waals surface area contributed by atoms with Crippen molar-refractivity contribution < 1.29 is 18.7 Å². The largest absolute Gasteiger partial charge is 0.496 e. The molecule has 0 fully saturated rings. The van der Waals surface area contributed by atoms with Crippen molar-refractivity contribution >= 4 is 50.2 Å². The van der Waals surface area contributed by atoms with Crippen molar-refractivity contribution in [1.82, 2.24) is 9.13 Å². The van der Waals surface area contributed by atoms with Gasteiger partial charge in [0.1, 0.15) is 11.6 Å². The van der Waals surface area contributed by atoms with Gasteiger partial charge in [0.15, 0.2) is 4.80 Å². The summed E-state index contributed by atoms with van der Waals surface area (Å²) in [6, 6.07) is 19.4. The Bertz CT molecular complexity index is 2150. The fourth-order valence-electron chi connectivity index (χ4n) is 5.76. The number of rotatable bonds is 9. The molecule has 0 saturated carbocycles. The van der Waals surface area contributed by atoms with Crippen LogP contribution in [0.3, 0.4) is 0 Å². The molecule has 1 atom stereocenters. The number of para-hydroxylation sites is 1. The predicted molar refractivity (Wildman–Crippen MR) is 178 cm³/mol. The molecule has 45 heavy (non-hydrogen) atoms. The molecule has 1 aliphatic rings. The molecule has 3 heterocycles. The van der Waals surface area contributed by atoms with Crippen LogP contribution in [0.2, 0.25) is 0 Å². The number of hydrogen-bond acceptors (Lipinski definition) is 6. The number of carbonyl (C=O) groups excluding carboxylic acids is 1. The Kier molecular flexibility index (Phi) is 8.87. The molecule has 0 unspecified atom stereocenters.